The van der Waals surface area contributed by atoms with Crippen molar-refractivity contribution in [3.05, 3.63) is 0 Å². The quantitative estimate of drug-likeness (QED) is 0.492. The molecule has 0 rings (SSSR count). The van der Waals surface area contributed by atoms with Crippen LogP contribution in [0.3, 0.4) is 0 Å². The lowest BCUT2D eigenvalue weighted by Crippen LogP contribution is -2.19. The molecule has 0 unspecified atom stereocenters. The fourth-order valence-corrected chi connectivity index (χ4v) is 0.926. The van der Waals surface area contributed by atoms with Gasteiger partial charge in [-0.1, -0.05) is 0 Å². The maximum absolute atomic E-state index is 8.33. The zero-order valence-corrected chi connectivity index (χ0v) is 9.01. The van der Waals surface area contributed by atoms with Crippen molar-refractivity contribution in [3.8, 4) is 0 Å². The lowest BCUT2D eigenvalue weighted by Gasteiger charge is -2.19. The minimum absolute atomic E-state index is 0.0262. The van der Waals surface area contributed by atoms with E-state index in [2.05, 4.69) is 20.8 Å². The second kappa shape index (κ2) is 7.30. The van der Waals surface area contributed by atoms with Crippen molar-refractivity contribution in [2.45, 2.75) is 45.6 Å². The molecule has 0 spiro atoms. The van der Waals surface area contributed by atoms with Crippen molar-refractivity contribution in [1.82, 2.24) is 0 Å². The average Bonchev–Trinajstić information content (AvgIpc) is 2.01. The largest absolute Gasteiger partial charge is 0.376 e. The summed E-state index contributed by atoms with van der Waals surface area (Å²) < 4.78 is 10.3. The maximum atomic E-state index is 8.33. The molecule has 13 heavy (non-hydrogen) atoms. The van der Waals surface area contributed by atoms with Gasteiger partial charge in [0.2, 0.25) is 0 Å². The molecule has 0 aromatic rings. The molecule has 3 nitrogen and oxygen atoms in total. The van der Waals surface area contributed by atoms with Crippen molar-refractivity contribution in [1.29, 1.82) is 0 Å². The summed E-state index contributed by atoms with van der Waals surface area (Å²) in [6.45, 7) is 7.46. The van der Waals surface area contributed by atoms with Crippen LogP contribution in [0.5, 0.6) is 0 Å². The van der Waals surface area contributed by atoms with Gasteiger partial charge in [0.25, 0.3) is 0 Å². The molecule has 0 aromatic carbocycles. The number of hydrogen-bond acceptors (Lipinski definition) is 3. The van der Waals surface area contributed by atoms with Crippen molar-refractivity contribution < 1.29 is 14.6 Å². The first kappa shape index (κ1) is 12.9. The van der Waals surface area contributed by atoms with Crippen molar-refractivity contribution in [2.24, 2.45) is 0 Å². The van der Waals surface area contributed by atoms with E-state index in [9.17, 15) is 0 Å². The summed E-state index contributed by atoms with van der Waals surface area (Å²) in [5.41, 5.74) is -0.0262. The standard InChI is InChI=1S/C10H22O3/c1-10(2,3)13-8-6-4-5-7-12-9-11/h11H,4-9H2,1-3H3. The summed E-state index contributed by atoms with van der Waals surface area (Å²) >= 11 is 0. The Bertz CT molecular complexity index is 107. The first-order valence-corrected chi connectivity index (χ1v) is 4.89. The van der Waals surface area contributed by atoms with E-state index in [1.165, 1.54) is 0 Å². The molecule has 0 saturated heterocycles. The van der Waals surface area contributed by atoms with Gasteiger partial charge in [0.05, 0.1) is 5.60 Å². The van der Waals surface area contributed by atoms with E-state index in [1.54, 1.807) is 0 Å². The summed E-state index contributed by atoms with van der Waals surface area (Å²) in [6, 6.07) is 0. The Labute approximate surface area is 81.0 Å². The molecule has 0 aliphatic rings. The van der Waals surface area contributed by atoms with Crippen molar-refractivity contribution >= 4 is 0 Å². The van der Waals surface area contributed by atoms with Crippen LogP contribution in [0.25, 0.3) is 0 Å². The molecule has 0 atom stereocenters. The van der Waals surface area contributed by atoms with Gasteiger partial charge in [-0.05, 0) is 40.0 Å². The summed E-state index contributed by atoms with van der Waals surface area (Å²) in [6.07, 6.45) is 3.15. The Balaban J connectivity index is 3.00. The Morgan fingerprint density at radius 3 is 2.15 bits per heavy atom. The van der Waals surface area contributed by atoms with E-state index in [0.717, 1.165) is 25.9 Å². The zero-order chi connectivity index (χ0) is 10.2. The second-order valence-corrected chi connectivity index (χ2v) is 4.06. The number of aliphatic hydroxyl groups excluding tert-OH is 1. The molecule has 0 radical (unpaired) electrons. The van der Waals surface area contributed by atoms with Crippen LogP contribution in [0.15, 0.2) is 0 Å². The molecule has 0 bridgehead atoms. The number of rotatable bonds is 7. The first-order valence-electron chi connectivity index (χ1n) is 4.89. The SMILES string of the molecule is CC(C)(C)OCCCCCOCO. The average molecular weight is 190 g/mol. The van der Waals surface area contributed by atoms with Crippen LogP contribution in [-0.2, 0) is 9.47 Å². The molecule has 0 saturated carbocycles. The van der Waals surface area contributed by atoms with Crippen molar-refractivity contribution in [3.63, 3.8) is 0 Å². The smallest absolute Gasteiger partial charge is 0.143 e. The molecule has 0 fully saturated rings. The zero-order valence-electron chi connectivity index (χ0n) is 9.01. The predicted octanol–water partition coefficient (Wildman–Crippen LogP) is 1.94. The van der Waals surface area contributed by atoms with Gasteiger partial charge in [-0.2, -0.15) is 0 Å². The van der Waals surface area contributed by atoms with Crippen LogP contribution in [0.2, 0.25) is 0 Å². The minimum atomic E-state index is -0.168. The van der Waals surface area contributed by atoms with Crippen molar-refractivity contribution in [2.75, 3.05) is 20.0 Å². The lowest BCUT2D eigenvalue weighted by molar-refractivity contribution is -0.0119. The number of unbranched alkanes of at least 4 members (excludes halogenated alkanes) is 2. The van der Waals surface area contributed by atoms with E-state index in [4.69, 9.17) is 14.6 Å². The van der Waals surface area contributed by atoms with Gasteiger partial charge >= 0.3 is 0 Å². The van der Waals surface area contributed by atoms with E-state index >= 15 is 0 Å². The summed E-state index contributed by atoms with van der Waals surface area (Å²) in [5, 5.41) is 8.33. The third-order valence-electron chi connectivity index (χ3n) is 1.56. The Morgan fingerprint density at radius 2 is 1.62 bits per heavy atom. The molecule has 3 heteroatoms. The van der Waals surface area contributed by atoms with Crippen LogP contribution < -0.4 is 0 Å². The molecule has 0 heterocycles. The third kappa shape index (κ3) is 11.9. The Kier molecular flexibility index (Phi) is 7.23. The van der Waals surface area contributed by atoms with E-state index in [-0.39, 0.29) is 12.4 Å². The van der Waals surface area contributed by atoms with Crippen LogP contribution in [0.1, 0.15) is 40.0 Å². The highest BCUT2D eigenvalue weighted by molar-refractivity contribution is 4.58. The monoisotopic (exact) mass is 190 g/mol. The highest BCUT2D eigenvalue weighted by atomic mass is 16.6. The molecule has 0 aliphatic carbocycles. The topological polar surface area (TPSA) is 38.7 Å². The predicted molar refractivity (Wildman–Crippen MR) is 52.6 cm³/mol. The fourth-order valence-electron chi connectivity index (χ4n) is 0.926. The van der Waals surface area contributed by atoms with E-state index < -0.39 is 0 Å². The van der Waals surface area contributed by atoms with Gasteiger partial charge in [0, 0.05) is 13.2 Å². The fraction of sp³-hybridized carbons (Fsp3) is 1.00. The van der Waals surface area contributed by atoms with Crippen LogP contribution >= 0.6 is 0 Å². The highest BCUT2D eigenvalue weighted by Gasteiger charge is 2.08. The minimum Gasteiger partial charge on any atom is -0.376 e. The summed E-state index contributed by atoms with van der Waals surface area (Å²) in [4.78, 5) is 0. The number of aliphatic hydroxyl groups is 1. The van der Waals surface area contributed by atoms with Gasteiger partial charge < -0.3 is 14.6 Å². The van der Waals surface area contributed by atoms with Gasteiger partial charge in [-0.15, -0.1) is 0 Å². The Hall–Kier alpha value is -0.120. The number of hydrogen-bond donors (Lipinski definition) is 1. The maximum Gasteiger partial charge on any atom is 0.143 e. The van der Waals surface area contributed by atoms with Gasteiger partial charge in [-0.3, -0.25) is 0 Å². The summed E-state index contributed by atoms with van der Waals surface area (Å²) in [7, 11) is 0. The van der Waals surface area contributed by atoms with E-state index in [1.807, 2.05) is 0 Å². The van der Waals surface area contributed by atoms with Gasteiger partial charge in [-0.25, -0.2) is 0 Å². The van der Waals surface area contributed by atoms with Crippen LogP contribution in [-0.4, -0.2) is 30.7 Å². The molecule has 0 aromatic heterocycles. The molecular formula is C10H22O3. The first-order chi connectivity index (χ1) is 6.06. The summed E-state index contributed by atoms with van der Waals surface area (Å²) in [5.74, 6) is 0. The molecular weight excluding hydrogens is 168 g/mol. The molecule has 0 aliphatic heterocycles. The third-order valence-corrected chi connectivity index (χ3v) is 1.56. The lowest BCUT2D eigenvalue weighted by atomic mass is 10.2. The normalized spacial score (nSPS) is 12.0. The molecule has 80 valence electrons. The Morgan fingerprint density at radius 1 is 1.00 bits per heavy atom. The van der Waals surface area contributed by atoms with E-state index in [0.29, 0.717) is 6.61 Å². The number of ether oxygens (including phenoxy) is 2. The molecule has 0 amide bonds. The van der Waals surface area contributed by atoms with Crippen LogP contribution in [0.4, 0.5) is 0 Å². The van der Waals surface area contributed by atoms with Gasteiger partial charge in [0.15, 0.2) is 0 Å². The van der Waals surface area contributed by atoms with Gasteiger partial charge in [0.1, 0.15) is 6.79 Å². The highest BCUT2D eigenvalue weighted by Crippen LogP contribution is 2.08. The van der Waals surface area contributed by atoms with Crippen LogP contribution in [0, 0.1) is 0 Å². The second-order valence-electron chi connectivity index (χ2n) is 4.06. The molecule has 1 N–H and O–H groups in total.